The highest BCUT2D eigenvalue weighted by atomic mass is 16.2. The van der Waals surface area contributed by atoms with Crippen molar-refractivity contribution >= 4 is 17.7 Å². The van der Waals surface area contributed by atoms with Gasteiger partial charge in [-0.2, -0.15) is 5.10 Å². The van der Waals surface area contributed by atoms with Gasteiger partial charge in [-0.1, -0.05) is 66.7 Å². The van der Waals surface area contributed by atoms with Gasteiger partial charge in [0.1, 0.15) is 0 Å². The molecule has 0 N–H and O–H groups in total. The van der Waals surface area contributed by atoms with Gasteiger partial charge in [-0.25, -0.2) is 5.01 Å². The molecule has 0 aliphatic carbocycles. The fourth-order valence-corrected chi connectivity index (χ4v) is 2.62. The standard InChI is InChI=1S/C19H18N2O/c1-15(22)21-19(17-10-6-3-7-11-17)14-18(20-21)13-12-16-8-4-2-5-9-16/h2-13,19H,14H2,1H3/b13-12+/t19-/m0/s1. The van der Waals surface area contributed by atoms with Gasteiger partial charge in [0.2, 0.25) is 5.91 Å². The second-order valence-electron chi connectivity index (χ2n) is 5.33. The number of allylic oxidation sites excluding steroid dienone is 1. The molecule has 1 aliphatic rings. The van der Waals surface area contributed by atoms with E-state index in [1.54, 1.807) is 11.9 Å². The first kappa shape index (κ1) is 14.3. The molecule has 1 atom stereocenters. The Morgan fingerprint density at radius 1 is 1.05 bits per heavy atom. The molecule has 0 saturated carbocycles. The molecule has 2 aromatic carbocycles. The quantitative estimate of drug-likeness (QED) is 0.839. The number of benzene rings is 2. The van der Waals surface area contributed by atoms with Crippen molar-refractivity contribution in [3.63, 3.8) is 0 Å². The third kappa shape index (κ3) is 3.14. The lowest BCUT2D eigenvalue weighted by atomic mass is 10.0. The van der Waals surface area contributed by atoms with E-state index in [1.165, 1.54) is 0 Å². The van der Waals surface area contributed by atoms with E-state index >= 15 is 0 Å². The topological polar surface area (TPSA) is 32.7 Å². The summed E-state index contributed by atoms with van der Waals surface area (Å²) in [4.78, 5) is 11.8. The smallest absolute Gasteiger partial charge is 0.240 e. The third-order valence-corrected chi connectivity index (χ3v) is 3.71. The molecule has 3 rings (SSSR count). The second-order valence-corrected chi connectivity index (χ2v) is 5.33. The average molecular weight is 290 g/mol. The van der Waals surface area contributed by atoms with Gasteiger partial charge in [-0.15, -0.1) is 0 Å². The van der Waals surface area contributed by atoms with Crippen LogP contribution in [0.15, 0.2) is 71.8 Å². The minimum atomic E-state index is -0.0306. The maximum atomic E-state index is 11.8. The Balaban J connectivity index is 1.81. The predicted molar refractivity (Wildman–Crippen MR) is 89.2 cm³/mol. The maximum Gasteiger partial charge on any atom is 0.240 e. The highest BCUT2D eigenvalue weighted by Crippen LogP contribution is 2.31. The molecule has 110 valence electrons. The normalized spacial score (nSPS) is 17.8. The molecule has 1 aliphatic heterocycles. The van der Waals surface area contributed by atoms with E-state index in [-0.39, 0.29) is 11.9 Å². The van der Waals surface area contributed by atoms with Crippen molar-refractivity contribution < 1.29 is 4.79 Å². The van der Waals surface area contributed by atoms with Crippen molar-refractivity contribution in [1.29, 1.82) is 0 Å². The Hall–Kier alpha value is -2.68. The lowest BCUT2D eigenvalue weighted by molar-refractivity contribution is -0.130. The Morgan fingerprint density at radius 2 is 1.68 bits per heavy atom. The fraction of sp³-hybridized carbons (Fsp3) is 0.158. The van der Waals surface area contributed by atoms with E-state index in [0.717, 1.165) is 23.3 Å². The van der Waals surface area contributed by atoms with Crippen LogP contribution < -0.4 is 0 Å². The zero-order valence-electron chi connectivity index (χ0n) is 12.5. The van der Waals surface area contributed by atoms with Gasteiger partial charge in [0, 0.05) is 13.3 Å². The Morgan fingerprint density at radius 3 is 2.32 bits per heavy atom. The molecule has 0 saturated heterocycles. The number of rotatable bonds is 3. The summed E-state index contributed by atoms with van der Waals surface area (Å²) in [5, 5.41) is 6.06. The summed E-state index contributed by atoms with van der Waals surface area (Å²) >= 11 is 0. The van der Waals surface area contributed by atoms with Crippen molar-refractivity contribution in [3.8, 4) is 0 Å². The molecule has 0 spiro atoms. The van der Waals surface area contributed by atoms with Gasteiger partial charge in [0.15, 0.2) is 0 Å². The van der Waals surface area contributed by atoms with Crippen molar-refractivity contribution in [2.75, 3.05) is 0 Å². The molecule has 0 unspecified atom stereocenters. The van der Waals surface area contributed by atoms with Crippen LogP contribution in [0.3, 0.4) is 0 Å². The average Bonchev–Trinajstić information content (AvgIpc) is 2.99. The Bertz CT molecular complexity index is 705. The summed E-state index contributed by atoms with van der Waals surface area (Å²) in [5.41, 5.74) is 3.17. The van der Waals surface area contributed by atoms with Crippen LogP contribution in [0.1, 0.15) is 30.5 Å². The number of hydrogen-bond donors (Lipinski definition) is 0. The van der Waals surface area contributed by atoms with Gasteiger partial charge in [-0.05, 0) is 17.2 Å². The number of hydrogen-bond acceptors (Lipinski definition) is 2. The summed E-state index contributed by atoms with van der Waals surface area (Å²) in [6.07, 6.45) is 4.77. The number of carbonyl (C=O) groups excluding carboxylic acids is 1. The summed E-state index contributed by atoms with van der Waals surface area (Å²) in [7, 11) is 0. The molecule has 0 fully saturated rings. The molecule has 2 aromatic rings. The molecule has 0 aromatic heterocycles. The fourth-order valence-electron chi connectivity index (χ4n) is 2.62. The molecular formula is C19H18N2O. The minimum absolute atomic E-state index is 0.00544. The minimum Gasteiger partial charge on any atom is -0.273 e. The first-order valence-electron chi connectivity index (χ1n) is 7.39. The van der Waals surface area contributed by atoms with Crippen molar-refractivity contribution in [1.82, 2.24) is 5.01 Å². The lowest BCUT2D eigenvalue weighted by Gasteiger charge is -2.20. The largest absolute Gasteiger partial charge is 0.273 e. The van der Waals surface area contributed by atoms with Gasteiger partial charge in [0.05, 0.1) is 11.8 Å². The number of amides is 1. The molecule has 3 nitrogen and oxygen atoms in total. The molecule has 0 bridgehead atoms. The molecule has 0 radical (unpaired) electrons. The van der Waals surface area contributed by atoms with Crippen molar-refractivity contribution in [2.24, 2.45) is 5.10 Å². The SMILES string of the molecule is CC(=O)N1N=C(/C=C/c2ccccc2)C[C@H]1c1ccccc1. The summed E-state index contributed by atoms with van der Waals surface area (Å²) in [5.74, 6) is -0.0306. The Kier molecular flexibility index (Phi) is 4.15. The number of nitrogens with zero attached hydrogens (tertiary/aromatic N) is 2. The highest BCUT2D eigenvalue weighted by molar-refractivity contribution is 6.00. The van der Waals surface area contributed by atoms with Gasteiger partial charge in [0.25, 0.3) is 0 Å². The molecule has 1 amide bonds. The van der Waals surface area contributed by atoms with Crippen LogP contribution in [-0.2, 0) is 4.79 Å². The van der Waals surface area contributed by atoms with E-state index in [1.807, 2.05) is 72.8 Å². The summed E-state index contributed by atoms with van der Waals surface area (Å²) in [6, 6.07) is 20.1. The van der Waals surface area contributed by atoms with E-state index in [2.05, 4.69) is 5.10 Å². The van der Waals surface area contributed by atoms with E-state index in [9.17, 15) is 4.79 Å². The number of hydrazone groups is 1. The monoisotopic (exact) mass is 290 g/mol. The first-order chi connectivity index (χ1) is 10.7. The van der Waals surface area contributed by atoms with Crippen LogP contribution >= 0.6 is 0 Å². The number of carbonyl (C=O) groups is 1. The van der Waals surface area contributed by atoms with Crippen LogP contribution in [0.5, 0.6) is 0 Å². The van der Waals surface area contributed by atoms with Crippen LogP contribution in [0.4, 0.5) is 0 Å². The Labute approximate surface area is 130 Å². The highest BCUT2D eigenvalue weighted by Gasteiger charge is 2.29. The van der Waals surface area contributed by atoms with Gasteiger partial charge in [-0.3, -0.25) is 4.79 Å². The van der Waals surface area contributed by atoms with Crippen LogP contribution in [0.25, 0.3) is 6.08 Å². The third-order valence-electron chi connectivity index (χ3n) is 3.71. The summed E-state index contributed by atoms with van der Waals surface area (Å²) < 4.78 is 0. The maximum absolute atomic E-state index is 11.8. The molecular weight excluding hydrogens is 272 g/mol. The van der Waals surface area contributed by atoms with Crippen molar-refractivity contribution in [2.45, 2.75) is 19.4 Å². The second kappa shape index (κ2) is 6.39. The van der Waals surface area contributed by atoms with Gasteiger partial charge < -0.3 is 0 Å². The lowest BCUT2D eigenvalue weighted by Crippen LogP contribution is -2.24. The van der Waals surface area contributed by atoms with Gasteiger partial charge >= 0.3 is 0 Å². The molecule has 1 heterocycles. The van der Waals surface area contributed by atoms with E-state index in [0.29, 0.717) is 0 Å². The first-order valence-corrected chi connectivity index (χ1v) is 7.39. The molecule has 3 heteroatoms. The van der Waals surface area contributed by atoms with Crippen LogP contribution in [-0.4, -0.2) is 16.6 Å². The van der Waals surface area contributed by atoms with E-state index < -0.39 is 0 Å². The zero-order valence-corrected chi connectivity index (χ0v) is 12.5. The van der Waals surface area contributed by atoms with Crippen molar-refractivity contribution in [3.05, 3.63) is 77.9 Å². The van der Waals surface area contributed by atoms with Crippen LogP contribution in [0.2, 0.25) is 0 Å². The van der Waals surface area contributed by atoms with E-state index in [4.69, 9.17) is 0 Å². The molecule has 22 heavy (non-hydrogen) atoms. The summed E-state index contributed by atoms with van der Waals surface area (Å²) in [6.45, 7) is 1.56. The zero-order chi connectivity index (χ0) is 15.4. The van der Waals surface area contributed by atoms with Crippen LogP contribution in [0, 0.1) is 0 Å². The predicted octanol–water partition coefficient (Wildman–Crippen LogP) is 4.05.